The van der Waals surface area contributed by atoms with Gasteiger partial charge in [0, 0.05) is 0 Å². The molecule has 0 aliphatic heterocycles. The standard InChI is InChI=1S/C8H10.BH3/c1-2-8-6-4-3-5-7-8;/h3-7H,2H2,1H3;1H3. The van der Waals surface area contributed by atoms with Crippen molar-refractivity contribution in [3.8, 4) is 0 Å². The summed E-state index contributed by atoms with van der Waals surface area (Å²) >= 11 is 0. The van der Waals surface area contributed by atoms with E-state index >= 15 is 0 Å². The van der Waals surface area contributed by atoms with E-state index in [0.717, 1.165) is 6.42 Å². The van der Waals surface area contributed by atoms with E-state index in [0.29, 0.717) is 0 Å². The van der Waals surface area contributed by atoms with E-state index in [1.807, 2.05) is 6.07 Å². The molecular formula is C8H13B. The predicted octanol–water partition coefficient (Wildman–Crippen LogP) is 1.07. The number of hydrogen-bond acceptors (Lipinski definition) is 0. The van der Waals surface area contributed by atoms with E-state index in [2.05, 4.69) is 31.2 Å². The minimum atomic E-state index is 0. The normalized spacial score (nSPS) is 8.11. The van der Waals surface area contributed by atoms with E-state index in [1.54, 1.807) is 0 Å². The quantitative estimate of drug-likeness (QED) is 0.486. The van der Waals surface area contributed by atoms with Gasteiger partial charge in [0.05, 0.1) is 8.41 Å². The lowest BCUT2D eigenvalue weighted by Crippen LogP contribution is -1.73. The van der Waals surface area contributed by atoms with Gasteiger partial charge in [0.1, 0.15) is 0 Å². The highest BCUT2D eigenvalue weighted by Crippen LogP contribution is 1.96. The van der Waals surface area contributed by atoms with Crippen LogP contribution in [0.4, 0.5) is 0 Å². The molecule has 9 heavy (non-hydrogen) atoms. The molecule has 0 amide bonds. The third-order valence-corrected chi connectivity index (χ3v) is 1.25. The topological polar surface area (TPSA) is 0 Å². The monoisotopic (exact) mass is 120 g/mol. The number of aryl methyl sites for hydroxylation is 1. The van der Waals surface area contributed by atoms with Crippen LogP contribution in [-0.4, -0.2) is 8.41 Å². The van der Waals surface area contributed by atoms with Crippen molar-refractivity contribution < 1.29 is 0 Å². The zero-order chi connectivity index (χ0) is 5.82. The van der Waals surface area contributed by atoms with Crippen molar-refractivity contribution in [2.24, 2.45) is 0 Å². The van der Waals surface area contributed by atoms with Gasteiger partial charge in [-0.05, 0) is 12.0 Å². The summed E-state index contributed by atoms with van der Waals surface area (Å²) in [7, 11) is 0. The molecule has 0 aliphatic rings. The molecule has 0 aliphatic carbocycles. The predicted molar refractivity (Wildman–Crippen MR) is 45.8 cm³/mol. The van der Waals surface area contributed by atoms with E-state index in [1.165, 1.54) is 5.56 Å². The van der Waals surface area contributed by atoms with Gasteiger partial charge in [-0.25, -0.2) is 0 Å². The highest BCUT2D eigenvalue weighted by Gasteiger charge is 1.79. The first-order valence-corrected chi connectivity index (χ1v) is 2.97. The minimum Gasteiger partial charge on any atom is -0.0622 e. The average Bonchev–Trinajstić information content (AvgIpc) is 1.90. The van der Waals surface area contributed by atoms with Crippen molar-refractivity contribution in [1.82, 2.24) is 0 Å². The number of rotatable bonds is 1. The van der Waals surface area contributed by atoms with Crippen molar-refractivity contribution in [1.29, 1.82) is 0 Å². The first-order chi connectivity index (χ1) is 3.93. The summed E-state index contributed by atoms with van der Waals surface area (Å²) in [4.78, 5) is 0. The number of benzene rings is 1. The molecule has 1 heteroatoms. The second kappa shape index (κ2) is 4.19. The Morgan fingerprint density at radius 2 is 1.67 bits per heavy atom. The van der Waals surface area contributed by atoms with Crippen LogP contribution in [0.15, 0.2) is 30.3 Å². The van der Waals surface area contributed by atoms with E-state index in [-0.39, 0.29) is 8.41 Å². The van der Waals surface area contributed by atoms with Crippen molar-refractivity contribution in [2.75, 3.05) is 0 Å². The molecule has 0 unspecified atom stereocenters. The number of hydrogen-bond donors (Lipinski definition) is 0. The molecule has 0 saturated carbocycles. The van der Waals surface area contributed by atoms with E-state index in [4.69, 9.17) is 0 Å². The fraction of sp³-hybridized carbons (Fsp3) is 0.250. The van der Waals surface area contributed by atoms with Crippen molar-refractivity contribution >= 4 is 8.41 Å². The molecule has 1 aromatic carbocycles. The Morgan fingerprint density at radius 3 is 2.00 bits per heavy atom. The van der Waals surface area contributed by atoms with Crippen LogP contribution in [0.3, 0.4) is 0 Å². The Morgan fingerprint density at radius 1 is 1.11 bits per heavy atom. The smallest absolute Gasteiger partial charge is 0.0622 e. The van der Waals surface area contributed by atoms with Crippen molar-refractivity contribution in [3.63, 3.8) is 0 Å². The van der Waals surface area contributed by atoms with E-state index in [9.17, 15) is 0 Å². The molecule has 48 valence electrons. The average molecular weight is 120 g/mol. The van der Waals surface area contributed by atoms with Crippen LogP contribution in [0.5, 0.6) is 0 Å². The highest BCUT2D eigenvalue weighted by atomic mass is 13.9. The molecule has 0 radical (unpaired) electrons. The molecule has 1 rings (SSSR count). The fourth-order valence-corrected chi connectivity index (χ4v) is 0.714. The third-order valence-electron chi connectivity index (χ3n) is 1.25. The van der Waals surface area contributed by atoms with Crippen LogP contribution in [0.2, 0.25) is 0 Å². The molecule has 1 aromatic rings. The maximum Gasteiger partial charge on any atom is 0.0814 e. The van der Waals surface area contributed by atoms with Crippen molar-refractivity contribution in [2.45, 2.75) is 13.3 Å². The van der Waals surface area contributed by atoms with Gasteiger partial charge in [0.2, 0.25) is 0 Å². The Bertz CT molecular complexity index is 146. The minimum absolute atomic E-state index is 0. The maximum atomic E-state index is 2.16. The molecule has 0 atom stereocenters. The summed E-state index contributed by atoms with van der Waals surface area (Å²) in [5.41, 5.74) is 1.41. The van der Waals surface area contributed by atoms with Gasteiger partial charge in [-0.2, -0.15) is 0 Å². The Labute approximate surface area is 58.5 Å². The van der Waals surface area contributed by atoms with Gasteiger partial charge in [-0.1, -0.05) is 37.3 Å². The van der Waals surface area contributed by atoms with E-state index < -0.39 is 0 Å². The largest absolute Gasteiger partial charge is 0.0814 e. The van der Waals surface area contributed by atoms with Crippen LogP contribution >= 0.6 is 0 Å². The van der Waals surface area contributed by atoms with Gasteiger partial charge in [0.25, 0.3) is 0 Å². The second-order valence-electron chi connectivity index (χ2n) is 1.84. The van der Waals surface area contributed by atoms with Crippen LogP contribution in [0.1, 0.15) is 12.5 Å². The lowest BCUT2D eigenvalue weighted by Gasteiger charge is -1.89. The Kier molecular flexibility index (Phi) is 3.86. The molecule has 0 bridgehead atoms. The first kappa shape index (κ1) is 8.28. The summed E-state index contributed by atoms with van der Waals surface area (Å²) in [6, 6.07) is 10.5. The van der Waals surface area contributed by atoms with Gasteiger partial charge in [0.15, 0.2) is 0 Å². The Hall–Kier alpha value is -0.715. The molecule has 0 saturated heterocycles. The molecule has 0 N–H and O–H groups in total. The molecule has 0 spiro atoms. The highest BCUT2D eigenvalue weighted by molar-refractivity contribution is 5.75. The van der Waals surface area contributed by atoms with Crippen LogP contribution in [0, 0.1) is 0 Å². The van der Waals surface area contributed by atoms with Gasteiger partial charge in [-0.15, -0.1) is 0 Å². The summed E-state index contributed by atoms with van der Waals surface area (Å²) in [5.74, 6) is 0. The molecule has 0 aromatic heterocycles. The zero-order valence-corrected chi connectivity index (χ0v) is 5.09. The third kappa shape index (κ3) is 2.36. The summed E-state index contributed by atoms with van der Waals surface area (Å²) in [6.07, 6.45) is 1.14. The summed E-state index contributed by atoms with van der Waals surface area (Å²) in [5, 5.41) is 0. The van der Waals surface area contributed by atoms with Crippen molar-refractivity contribution in [3.05, 3.63) is 35.9 Å². The molecular weight excluding hydrogens is 107 g/mol. The molecule has 0 nitrogen and oxygen atoms in total. The van der Waals surface area contributed by atoms with Crippen LogP contribution in [-0.2, 0) is 6.42 Å². The lowest BCUT2D eigenvalue weighted by molar-refractivity contribution is 1.14. The summed E-state index contributed by atoms with van der Waals surface area (Å²) in [6.45, 7) is 2.16. The first-order valence-electron chi connectivity index (χ1n) is 2.97. The fourth-order valence-electron chi connectivity index (χ4n) is 0.714. The van der Waals surface area contributed by atoms with Gasteiger partial charge in [-0.3, -0.25) is 0 Å². The maximum absolute atomic E-state index is 2.16. The Balaban J connectivity index is 0.000000640. The lowest BCUT2D eigenvalue weighted by atomic mass is 10.2. The van der Waals surface area contributed by atoms with Crippen LogP contribution < -0.4 is 0 Å². The van der Waals surface area contributed by atoms with Crippen LogP contribution in [0.25, 0.3) is 0 Å². The summed E-state index contributed by atoms with van der Waals surface area (Å²) < 4.78 is 0. The zero-order valence-electron chi connectivity index (χ0n) is 5.09. The second-order valence-corrected chi connectivity index (χ2v) is 1.84. The van der Waals surface area contributed by atoms with Gasteiger partial charge >= 0.3 is 0 Å². The molecule has 0 heterocycles. The SMILES string of the molecule is B.CCc1ccccc1. The molecule has 0 fully saturated rings. The van der Waals surface area contributed by atoms with Gasteiger partial charge < -0.3 is 0 Å².